The summed E-state index contributed by atoms with van der Waals surface area (Å²) in [6.45, 7) is 4.51. The van der Waals surface area contributed by atoms with Crippen LogP contribution in [-0.4, -0.2) is 15.6 Å². The molecule has 0 bridgehead atoms. The minimum Gasteiger partial charge on any atom is -0.333 e. The van der Waals surface area contributed by atoms with Gasteiger partial charge in [0.2, 0.25) is 0 Å². The van der Waals surface area contributed by atoms with Crippen LogP contribution < -0.4 is 5.32 Å². The van der Waals surface area contributed by atoms with Gasteiger partial charge in [0, 0.05) is 40.3 Å². The van der Waals surface area contributed by atoms with Crippen LogP contribution in [0.4, 0.5) is 0 Å². The van der Waals surface area contributed by atoms with Gasteiger partial charge in [0.15, 0.2) is 0 Å². The summed E-state index contributed by atoms with van der Waals surface area (Å²) in [6.07, 6.45) is 10.9. The molecule has 3 atom stereocenters. The van der Waals surface area contributed by atoms with Crippen molar-refractivity contribution in [3.8, 4) is 0 Å². The van der Waals surface area contributed by atoms with Crippen molar-refractivity contribution in [2.24, 2.45) is 0 Å². The molecule has 108 valence electrons. The van der Waals surface area contributed by atoms with Crippen LogP contribution in [0.25, 0.3) is 0 Å². The second-order valence-electron chi connectivity index (χ2n) is 5.66. The molecule has 1 saturated carbocycles. The first kappa shape index (κ1) is 13.8. The predicted octanol–water partition coefficient (Wildman–Crippen LogP) is 3.95. The highest BCUT2D eigenvalue weighted by Gasteiger charge is 2.29. The number of aromatic nitrogens is 2. The largest absolute Gasteiger partial charge is 0.333 e. The molecule has 0 spiro atoms. The molecule has 2 heterocycles. The molecule has 1 aliphatic rings. The zero-order valence-corrected chi connectivity index (χ0v) is 13.1. The van der Waals surface area contributed by atoms with E-state index in [1.165, 1.54) is 29.0 Å². The van der Waals surface area contributed by atoms with Gasteiger partial charge >= 0.3 is 0 Å². The third-order valence-electron chi connectivity index (χ3n) is 4.31. The van der Waals surface area contributed by atoms with E-state index >= 15 is 0 Å². The highest BCUT2D eigenvalue weighted by molar-refractivity contribution is 7.12. The van der Waals surface area contributed by atoms with Crippen molar-refractivity contribution in [1.29, 1.82) is 0 Å². The minimum absolute atomic E-state index is 0.439. The van der Waals surface area contributed by atoms with Crippen LogP contribution in [0.3, 0.4) is 0 Å². The molecule has 1 fully saturated rings. The van der Waals surface area contributed by atoms with Gasteiger partial charge in [-0.25, -0.2) is 4.98 Å². The fraction of sp³-hybridized carbons (Fsp3) is 0.562. The van der Waals surface area contributed by atoms with Gasteiger partial charge in [-0.15, -0.1) is 11.3 Å². The lowest BCUT2D eigenvalue weighted by atomic mass is 10.1. The van der Waals surface area contributed by atoms with Crippen molar-refractivity contribution in [3.63, 3.8) is 0 Å². The highest BCUT2D eigenvalue weighted by Crippen LogP contribution is 2.32. The zero-order valence-electron chi connectivity index (χ0n) is 12.2. The van der Waals surface area contributed by atoms with E-state index in [0.29, 0.717) is 18.1 Å². The lowest BCUT2D eigenvalue weighted by molar-refractivity contribution is 0.364. The molecular weight excluding hydrogens is 266 g/mol. The van der Waals surface area contributed by atoms with Gasteiger partial charge in [-0.2, -0.15) is 0 Å². The van der Waals surface area contributed by atoms with Crippen LogP contribution in [0.2, 0.25) is 0 Å². The summed E-state index contributed by atoms with van der Waals surface area (Å²) in [7, 11) is 0. The molecule has 0 radical (unpaired) electrons. The Kier molecular flexibility index (Phi) is 4.22. The molecule has 1 aliphatic carbocycles. The SMILES string of the molecule is CCc1ccc(C(C)NC2CCCC2n2ccnc2)s1. The predicted molar refractivity (Wildman–Crippen MR) is 84.2 cm³/mol. The standard InChI is InChI=1S/C16H23N3S/c1-3-13-7-8-16(20-13)12(2)18-14-5-4-6-15(14)19-10-9-17-11-19/h7-12,14-15,18H,3-6H2,1-2H3. The quantitative estimate of drug-likeness (QED) is 0.903. The first-order valence-electron chi connectivity index (χ1n) is 7.60. The molecule has 0 aromatic carbocycles. The third kappa shape index (κ3) is 2.81. The summed E-state index contributed by atoms with van der Waals surface area (Å²) in [6, 6.07) is 6.11. The molecule has 20 heavy (non-hydrogen) atoms. The lowest BCUT2D eigenvalue weighted by Gasteiger charge is -2.25. The maximum atomic E-state index is 4.19. The molecule has 3 nitrogen and oxygen atoms in total. The van der Waals surface area contributed by atoms with Crippen LogP contribution in [-0.2, 0) is 6.42 Å². The smallest absolute Gasteiger partial charge is 0.0949 e. The number of rotatable bonds is 5. The minimum atomic E-state index is 0.439. The van der Waals surface area contributed by atoms with Crippen LogP contribution in [0, 0.1) is 0 Å². The third-order valence-corrected chi connectivity index (χ3v) is 5.72. The number of thiophene rings is 1. The average molecular weight is 289 g/mol. The fourth-order valence-corrected chi connectivity index (χ4v) is 4.14. The molecule has 0 amide bonds. The second-order valence-corrected chi connectivity index (χ2v) is 6.86. The van der Waals surface area contributed by atoms with Gasteiger partial charge in [-0.1, -0.05) is 6.92 Å². The second kappa shape index (κ2) is 6.10. The molecule has 2 aromatic rings. The van der Waals surface area contributed by atoms with Crippen LogP contribution in [0.5, 0.6) is 0 Å². The van der Waals surface area contributed by atoms with E-state index in [4.69, 9.17) is 0 Å². The summed E-state index contributed by atoms with van der Waals surface area (Å²) in [4.78, 5) is 7.12. The van der Waals surface area contributed by atoms with Crippen molar-refractivity contribution < 1.29 is 0 Å². The Morgan fingerprint density at radius 3 is 3.05 bits per heavy atom. The molecule has 3 rings (SSSR count). The van der Waals surface area contributed by atoms with Crippen molar-refractivity contribution >= 4 is 11.3 Å². The molecule has 4 heteroatoms. The maximum absolute atomic E-state index is 4.19. The molecule has 1 N–H and O–H groups in total. The maximum Gasteiger partial charge on any atom is 0.0949 e. The molecular formula is C16H23N3S. The molecule has 2 aromatic heterocycles. The van der Waals surface area contributed by atoms with Gasteiger partial charge in [0.25, 0.3) is 0 Å². The summed E-state index contributed by atoms with van der Waals surface area (Å²) in [5.74, 6) is 0. The van der Waals surface area contributed by atoms with E-state index in [-0.39, 0.29) is 0 Å². The topological polar surface area (TPSA) is 29.9 Å². The van der Waals surface area contributed by atoms with E-state index < -0.39 is 0 Å². The molecule has 0 aliphatic heterocycles. The number of nitrogens with zero attached hydrogens (tertiary/aromatic N) is 2. The Morgan fingerprint density at radius 1 is 1.45 bits per heavy atom. The Bertz CT molecular complexity index is 532. The number of imidazole rings is 1. The fourth-order valence-electron chi connectivity index (χ4n) is 3.18. The molecule has 3 unspecified atom stereocenters. The lowest BCUT2D eigenvalue weighted by Crippen LogP contribution is -2.35. The number of hydrogen-bond donors (Lipinski definition) is 1. The summed E-state index contributed by atoms with van der Waals surface area (Å²) in [5.41, 5.74) is 0. The number of nitrogens with one attached hydrogen (secondary N) is 1. The van der Waals surface area contributed by atoms with Gasteiger partial charge in [-0.3, -0.25) is 0 Å². The normalized spacial score (nSPS) is 24.1. The van der Waals surface area contributed by atoms with Crippen LogP contribution in [0.1, 0.15) is 54.9 Å². The van der Waals surface area contributed by atoms with Gasteiger partial charge < -0.3 is 9.88 Å². The van der Waals surface area contributed by atoms with Crippen molar-refractivity contribution in [2.75, 3.05) is 0 Å². The van der Waals surface area contributed by atoms with E-state index in [2.05, 4.69) is 47.0 Å². The Balaban J connectivity index is 1.67. The number of hydrogen-bond acceptors (Lipinski definition) is 3. The Hall–Kier alpha value is -1.13. The highest BCUT2D eigenvalue weighted by atomic mass is 32.1. The van der Waals surface area contributed by atoms with E-state index in [1.54, 1.807) is 0 Å². The summed E-state index contributed by atoms with van der Waals surface area (Å²) < 4.78 is 2.27. The van der Waals surface area contributed by atoms with Crippen molar-refractivity contribution in [1.82, 2.24) is 14.9 Å². The average Bonchev–Trinajstić information content (AvgIpc) is 3.19. The van der Waals surface area contributed by atoms with Gasteiger partial charge in [-0.05, 0) is 44.7 Å². The van der Waals surface area contributed by atoms with E-state index in [0.717, 1.165) is 6.42 Å². The van der Waals surface area contributed by atoms with Gasteiger partial charge in [0.05, 0.1) is 6.33 Å². The Morgan fingerprint density at radius 2 is 2.35 bits per heavy atom. The summed E-state index contributed by atoms with van der Waals surface area (Å²) in [5, 5.41) is 3.83. The first-order valence-corrected chi connectivity index (χ1v) is 8.41. The summed E-state index contributed by atoms with van der Waals surface area (Å²) >= 11 is 1.94. The van der Waals surface area contributed by atoms with Crippen molar-refractivity contribution in [3.05, 3.63) is 40.6 Å². The van der Waals surface area contributed by atoms with Crippen LogP contribution >= 0.6 is 11.3 Å². The monoisotopic (exact) mass is 289 g/mol. The molecule has 0 saturated heterocycles. The van der Waals surface area contributed by atoms with E-state index in [9.17, 15) is 0 Å². The Labute approximate surface area is 125 Å². The number of aryl methyl sites for hydroxylation is 1. The first-order chi connectivity index (χ1) is 9.78. The van der Waals surface area contributed by atoms with Crippen LogP contribution in [0.15, 0.2) is 30.9 Å². The van der Waals surface area contributed by atoms with Gasteiger partial charge in [0.1, 0.15) is 0 Å². The van der Waals surface area contributed by atoms with Crippen molar-refractivity contribution in [2.45, 2.75) is 57.7 Å². The van der Waals surface area contributed by atoms with E-state index in [1.807, 2.05) is 23.9 Å². The zero-order chi connectivity index (χ0) is 13.9.